The van der Waals surface area contributed by atoms with Crippen molar-refractivity contribution < 1.29 is 9.31 Å². The van der Waals surface area contributed by atoms with Crippen molar-refractivity contribution >= 4 is 5.69 Å². The van der Waals surface area contributed by atoms with Gasteiger partial charge in [-0.1, -0.05) is 19.9 Å². The van der Waals surface area contributed by atoms with E-state index in [0.717, 1.165) is 24.5 Å². The fraction of sp³-hybridized carbons (Fsp3) is 0.385. The zero-order valence-corrected chi connectivity index (χ0v) is 11.3. The Hall–Kier alpha value is -2.31. The maximum Gasteiger partial charge on any atom is 0.304 e. The molecule has 2 aromatic rings. The van der Waals surface area contributed by atoms with Gasteiger partial charge in [0.25, 0.3) is 0 Å². The molecule has 20 heavy (non-hydrogen) atoms. The van der Waals surface area contributed by atoms with Gasteiger partial charge in [-0.2, -0.15) is 9.49 Å². The molecule has 0 radical (unpaired) electrons. The molecule has 1 aromatic heterocycles. The fourth-order valence-corrected chi connectivity index (χ4v) is 1.93. The molecule has 7 heteroatoms. The number of aromatic nitrogens is 3. The Bertz CT molecular complexity index is 639. The van der Waals surface area contributed by atoms with E-state index >= 15 is 0 Å². The highest BCUT2D eigenvalue weighted by Crippen LogP contribution is 2.18. The van der Waals surface area contributed by atoms with Crippen LogP contribution < -0.4 is 0 Å². The van der Waals surface area contributed by atoms with Crippen LogP contribution in [-0.2, 0) is 19.4 Å². The lowest BCUT2D eigenvalue weighted by Gasteiger charge is -2.05. The smallest absolute Gasteiger partial charge is 0.258 e. The molecular weight excluding hydrogens is 263 g/mol. The van der Waals surface area contributed by atoms with Crippen molar-refractivity contribution in [3.63, 3.8) is 0 Å². The first-order chi connectivity index (χ1) is 9.55. The van der Waals surface area contributed by atoms with Crippen molar-refractivity contribution in [3.8, 4) is 0 Å². The van der Waals surface area contributed by atoms with Gasteiger partial charge in [0.2, 0.25) is 5.82 Å². The van der Waals surface area contributed by atoms with Crippen LogP contribution in [0.3, 0.4) is 0 Å². The summed E-state index contributed by atoms with van der Waals surface area (Å²) in [4.78, 5) is 14.2. The molecule has 0 bridgehead atoms. The Morgan fingerprint density at radius 2 is 2.10 bits per heavy atom. The number of nitrogens with zero attached hydrogens (tertiary/aromatic N) is 4. The van der Waals surface area contributed by atoms with E-state index in [4.69, 9.17) is 0 Å². The van der Waals surface area contributed by atoms with Crippen LogP contribution in [0.1, 0.15) is 31.1 Å². The van der Waals surface area contributed by atoms with E-state index in [-0.39, 0.29) is 0 Å². The molecule has 0 atom stereocenters. The molecule has 0 N–H and O–H groups in total. The number of halogens is 1. The summed E-state index contributed by atoms with van der Waals surface area (Å²) in [6.07, 6.45) is 1.46. The Balaban J connectivity index is 2.28. The molecule has 6 nitrogen and oxygen atoms in total. The van der Waals surface area contributed by atoms with Crippen LogP contribution in [0, 0.1) is 15.9 Å². The first-order valence-electron chi connectivity index (χ1n) is 6.40. The normalized spacial score (nSPS) is 10.8. The molecule has 0 saturated carbocycles. The van der Waals surface area contributed by atoms with Gasteiger partial charge in [0, 0.05) is 18.9 Å². The van der Waals surface area contributed by atoms with Gasteiger partial charge in [-0.3, -0.25) is 10.1 Å². The van der Waals surface area contributed by atoms with Crippen molar-refractivity contribution in [1.29, 1.82) is 0 Å². The van der Waals surface area contributed by atoms with Gasteiger partial charge in [0.15, 0.2) is 5.82 Å². The summed E-state index contributed by atoms with van der Waals surface area (Å²) < 4.78 is 15.3. The van der Waals surface area contributed by atoms with E-state index in [1.807, 2.05) is 13.8 Å². The molecule has 106 valence electrons. The van der Waals surface area contributed by atoms with Gasteiger partial charge in [0.05, 0.1) is 11.5 Å². The van der Waals surface area contributed by atoms with Crippen LogP contribution in [-0.4, -0.2) is 19.7 Å². The molecule has 1 heterocycles. The molecule has 0 aliphatic heterocycles. The Labute approximate surface area is 115 Å². The second-order valence-corrected chi connectivity index (χ2v) is 4.35. The first-order valence-corrected chi connectivity index (χ1v) is 6.40. The first kappa shape index (κ1) is 14.1. The van der Waals surface area contributed by atoms with Gasteiger partial charge in [-0.15, -0.1) is 0 Å². The molecule has 0 aliphatic carbocycles. The molecule has 0 aliphatic rings. The van der Waals surface area contributed by atoms with Crippen molar-refractivity contribution in [2.75, 3.05) is 0 Å². The van der Waals surface area contributed by atoms with Crippen molar-refractivity contribution in [3.05, 3.63) is 51.3 Å². The molecule has 0 saturated heterocycles. The van der Waals surface area contributed by atoms with Crippen molar-refractivity contribution in [1.82, 2.24) is 14.8 Å². The lowest BCUT2D eigenvalue weighted by molar-refractivity contribution is -0.387. The van der Waals surface area contributed by atoms with Crippen LogP contribution in [0.2, 0.25) is 0 Å². The van der Waals surface area contributed by atoms with Gasteiger partial charge in [-0.05, 0) is 11.6 Å². The SMILES string of the molecule is CCc1nc(CC)n(Cc2ccc([N+](=O)[O-])c(F)c2)n1. The van der Waals surface area contributed by atoms with E-state index < -0.39 is 16.4 Å². The van der Waals surface area contributed by atoms with E-state index in [1.165, 1.54) is 18.2 Å². The van der Waals surface area contributed by atoms with E-state index in [0.29, 0.717) is 12.1 Å². The van der Waals surface area contributed by atoms with E-state index in [1.54, 1.807) is 4.68 Å². The number of rotatable bonds is 5. The minimum absolute atomic E-state index is 0.352. The van der Waals surface area contributed by atoms with Crippen LogP contribution in [0.25, 0.3) is 0 Å². The van der Waals surface area contributed by atoms with Gasteiger partial charge >= 0.3 is 5.69 Å². The maximum absolute atomic E-state index is 13.6. The van der Waals surface area contributed by atoms with Gasteiger partial charge in [-0.25, -0.2) is 9.67 Å². The highest BCUT2D eigenvalue weighted by Gasteiger charge is 2.15. The summed E-state index contributed by atoms with van der Waals surface area (Å²) in [7, 11) is 0. The number of nitro benzene ring substituents is 1. The maximum atomic E-state index is 13.6. The summed E-state index contributed by atoms with van der Waals surface area (Å²) in [5.74, 6) is 0.728. The average molecular weight is 278 g/mol. The van der Waals surface area contributed by atoms with Crippen LogP contribution in [0.4, 0.5) is 10.1 Å². The topological polar surface area (TPSA) is 73.8 Å². The molecule has 1 aromatic carbocycles. The van der Waals surface area contributed by atoms with Crippen LogP contribution >= 0.6 is 0 Å². The van der Waals surface area contributed by atoms with Crippen LogP contribution in [0.5, 0.6) is 0 Å². The third-order valence-electron chi connectivity index (χ3n) is 2.97. The minimum Gasteiger partial charge on any atom is -0.258 e. The molecule has 0 amide bonds. The van der Waals surface area contributed by atoms with E-state index in [9.17, 15) is 14.5 Å². The van der Waals surface area contributed by atoms with Gasteiger partial charge in [0.1, 0.15) is 5.82 Å². The third-order valence-corrected chi connectivity index (χ3v) is 2.97. The quantitative estimate of drug-likeness (QED) is 0.622. The number of hydrogen-bond donors (Lipinski definition) is 0. The Kier molecular flexibility index (Phi) is 4.07. The lowest BCUT2D eigenvalue weighted by atomic mass is 10.2. The lowest BCUT2D eigenvalue weighted by Crippen LogP contribution is -2.07. The summed E-state index contributed by atoms with van der Waals surface area (Å²) in [5, 5.41) is 14.9. The highest BCUT2D eigenvalue weighted by molar-refractivity contribution is 5.35. The molecule has 2 rings (SSSR count). The monoisotopic (exact) mass is 278 g/mol. The highest BCUT2D eigenvalue weighted by atomic mass is 19.1. The molecular formula is C13H15FN4O2. The molecule has 0 spiro atoms. The fourth-order valence-electron chi connectivity index (χ4n) is 1.93. The summed E-state index contributed by atoms with van der Waals surface area (Å²) in [5.41, 5.74) is 0.104. The molecule has 0 fully saturated rings. The van der Waals surface area contributed by atoms with Crippen molar-refractivity contribution in [2.45, 2.75) is 33.2 Å². The third kappa shape index (κ3) is 2.81. The van der Waals surface area contributed by atoms with E-state index in [2.05, 4.69) is 10.1 Å². The Morgan fingerprint density at radius 3 is 2.65 bits per heavy atom. The van der Waals surface area contributed by atoms with Crippen molar-refractivity contribution in [2.24, 2.45) is 0 Å². The summed E-state index contributed by atoms with van der Waals surface area (Å²) in [6, 6.07) is 3.88. The second-order valence-electron chi connectivity index (χ2n) is 4.35. The molecule has 0 unspecified atom stereocenters. The van der Waals surface area contributed by atoms with Crippen LogP contribution in [0.15, 0.2) is 18.2 Å². The average Bonchev–Trinajstić information content (AvgIpc) is 2.80. The minimum atomic E-state index is -0.832. The predicted molar refractivity (Wildman–Crippen MR) is 70.9 cm³/mol. The van der Waals surface area contributed by atoms with Gasteiger partial charge < -0.3 is 0 Å². The second kappa shape index (κ2) is 5.77. The number of benzene rings is 1. The zero-order chi connectivity index (χ0) is 14.7. The number of hydrogen-bond acceptors (Lipinski definition) is 4. The number of nitro groups is 1. The predicted octanol–water partition coefficient (Wildman–Crippen LogP) is 2.50. The Morgan fingerprint density at radius 1 is 1.35 bits per heavy atom. The largest absolute Gasteiger partial charge is 0.304 e. The standard InChI is InChI=1S/C13H15FN4O2/c1-3-12-15-13(4-2)17(16-12)8-9-5-6-11(18(19)20)10(14)7-9/h5-7H,3-4,8H2,1-2H3. The summed E-state index contributed by atoms with van der Waals surface area (Å²) >= 11 is 0. The summed E-state index contributed by atoms with van der Waals surface area (Å²) in [6.45, 7) is 4.28. The zero-order valence-electron chi connectivity index (χ0n) is 11.3. The number of aryl methyl sites for hydroxylation is 2.